The molecule has 2 rings (SSSR count). The topological polar surface area (TPSA) is 21.3 Å². The summed E-state index contributed by atoms with van der Waals surface area (Å²) in [5.41, 5.74) is 5.05. The molecule has 2 aromatic carbocycles. The minimum atomic E-state index is 0.136. The van der Waals surface area contributed by atoms with Gasteiger partial charge < -0.3 is 10.1 Å². The molecule has 3 heteroatoms. The zero-order valence-electron chi connectivity index (χ0n) is 13.0. The van der Waals surface area contributed by atoms with Crippen molar-refractivity contribution in [1.29, 1.82) is 0 Å². The Morgan fingerprint density at radius 3 is 2.48 bits per heavy atom. The number of methoxy groups -OCH3 is 1. The van der Waals surface area contributed by atoms with Crippen LogP contribution in [0.15, 0.2) is 40.9 Å². The first kappa shape index (κ1) is 16.1. The third-order valence-electron chi connectivity index (χ3n) is 3.78. The minimum absolute atomic E-state index is 0.136. The molecule has 1 unspecified atom stereocenters. The van der Waals surface area contributed by atoms with Crippen LogP contribution in [0.3, 0.4) is 0 Å². The molecule has 2 nitrogen and oxygen atoms in total. The number of aryl methyl sites for hydroxylation is 2. The van der Waals surface area contributed by atoms with Crippen LogP contribution < -0.4 is 10.1 Å². The third kappa shape index (κ3) is 3.66. The SMILES string of the molecule is CCNC(c1ccc(C)c(C)c1)c1ccc(Br)cc1OC. The van der Waals surface area contributed by atoms with Crippen molar-refractivity contribution in [3.8, 4) is 5.75 Å². The minimum Gasteiger partial charge on any atom is -0.496 e. The number of halogens is 1. The van der Waals surface area contributed by atoms with Gasteiger partial charge in [-0.1, -0.05) is 47.1 Å². The van der Waals surface area contributed by atoms with Crippen molar-refractivity contribution >= 4 is 15.9 Å². The summed E-state index contributed by atoms with van der Waals surface area (Å²) in [7, 11) is 1.72. The Morgan fingerprint density at radius 1 is 1.10 bits per heavy atom. The molecule has 112 valence electrons. The summed E-state index contributed by atoms with van der Waals surface area (Å²) in [6, 6.07) is 13.0. The maximum Gasteiger partial charge on any atom is 0.125 e. The number of rotatable bonds is 5. The fourth-order valence-corrected chi connectivity index (χ4v) is 2.82. The Kier molecular flexibility index (Phi) is 5.43. The van der Waals surface area contributed by atoms with Gasteiger partial charge in [-0.05, 0) is 49.2 Å². The van der Waals surface area contributed by atoms with Crippen molar-refractivity contribution in [2.45, 2.75) is 26.8 Å². The second-order valence-corrected chi connectivity index (χ2v) is 6.14. The van der Waals surface area contributed by atoms with Crippen LogP contribution >= 0.6 is 15.9 Å². The highest BCUT2D eigenvalue weighted by Gasteiger charge is 2.18. The summed E-state index contributed by atoms with van der Waals surface area (Å²) < 4.78 is 6.59. The molecule has 0 aliphatic heterocycles. The lowest BCUT2D eigenvalue weighted by Gasteiger charge is -2.22. The molecule has 2 aromatic rings. The second-order valence-electron chi connectivity index (χ2n) is 5.22. The second kappa shape index (κ2) is 7.10. The van der Waals surface area contributed by atoms with Gasteiger partial charge in [-0.2, -0.15) is 0 Å². The number of hydrogen-bond donors (Lipinski definition) is 1. The van der Waals surface area contributed by atoms with Gasteiger partial charge in [-0.25, -0.2) is 0 Å². The molecule has 0 bridgehead atoms. The predicted octanol–water partition coefficient (Wildman–Crippen LogP) is 4.77. The number of ether oxygens (including phenoxy) is 1. The average Bonchev–Trinajstić information content (AvgIpc) is 2.48. The maximum absolute atomic E-state index is 5.56. The van der Waals surface area contributed by atoms with Gasteiger partial charge in [0.1, 0.15) is 5.75 Å². The summed E-state index contributed by atoms with van der Waals surface area (Å²) >= 11 is 3.50. The molecular formula is C18H22BrNO. The van der Waals surface area contributed by atoms with Gasteiger partial charge >= 0.3 is 0 Å². The van der Waals surface area contributed by atoms with Crippen LogP contribution in [0.25, 0.3) is 0 Å². The zero-order chi connectivity index (χ0) is 15.4. The van der Waals surface area contributed by atoms with Crippen molar-refractivity contribution in [2.24, 2.45) is 0 Å². The van der Waals surface area contributed by atoms with E-state index in [0.29, 0.717) is 0 Å². The lowest BCUT2D eigenvalue weighted by Crippen LogP contribution is -2.22. The quantitative estimate of drug-likeness (QED) is 0.840. The van der Waals surface area contributed by atoms with Crippen LogP contribution in [0.2, 0.25) is 0 Å². The molecule has 0 aromatic heterocycles. The molecule has 0 heterocycles. The van der Waals surface area contributed by atoms with Crippen LogP contribution in [0, 0.1) is 13.8 Å². The van der Waals surface area contributed by atoms with Crippen molar-refractivity contribution in [1.82, 2.24) is 5.32 Å². The van der Waals surface area contributed by atoms with E-state index < -0.39 is 0 Å². The van der Waals surface area contributed by atoms with Crippen molar-refractivity contribution in [2.75, 3.05) is 13.7 Å². The predicted molar refractivity (Wildman–Crippen MR) is 92.1 cm³/mol. The number of nitrogens with one attached hydrogen (secondary N) is 1. The van der Waals surface area contributed by atoms with Crippen LogP contribution in [-0.2, 0) is 0 Å². The molecule has 1 N–H and O–H groups in total. The Labute approximate surface area is 135 Å². The molecule has 1 atom stereocenters. The van der Waals surface area contributed by atoms with Gasteiger partial charge in [0, 0.05) is 10.0 Å². The van der Waals surface area contributed by atoms with Gasteiger partial charge in [0.25, 0.3) is 0 Å². The lowest BCUT2D eigenvalue weighted by molar-refractivity contribution is 0.404. The molecule has 0 aliphatic carbocycles. The molecule has 0 saturated heterocycles. The van der Waals surface area contributed by atoms with Crippen LogP contribution in [0.4, 0.5) is 0 Å². The molecular weight excluding hydrogens is 326 g/mol. The Balaban J connectivity index is 2.50. The smallest absolute Gasteiger partial charge is 0.125 e. The van der Waals surface area contributed by atoms with E-state index in [1.807, 2.05) is 6.07 Å². The molecule has 0 spiro atoms. The molecule has 0 amide bonds. The van der Waals surface area contributed by atoms with Crippen LogP contribution in [0.1, 0.15) is 35.2 Å². The fraction of sp³-hybridized carbons (Fsp3) is 0.333. The normalized spacial score (nSPS) is 12.2. The molecule has 0 aliphatic rings. The third-order valence-corrected chi connectivity index (χ3v) is 4.27. The van der Waals surface area contributed by atoms with Gasteiger partial charge in [-0.3, -0.25) is 0 Å². The standard InChI is InChI=1S/C18H22BrNO/c1-5-20-18(14-7-6-12(2)13(3)10-14)16-9-8-15(19)11-17(16)21-4/h6-11,18,20H,5H2,1-4H3. The van der Waals surface area contributed by atoms with Gasteiger partial charge in [0.15, 0.2) is 0 Å². The van der Waals surface area contributed by atoms with E-state index in [4.69, 9.17) is 4.74 Å². The molecule has 0 radical (unpaired) electrons. The highest BCUT2D eigenvalue weighted by Crippen LogP contribution is 2.33. The Bertz CT molecular complexity index is 625. The molecule has 0 fully saturated rings. The van der Waals surface area contributed by atoms with E-state index in [-0.39, 0.29) is 6.04 Å². The first-order chi connectivity index (χ1) is 10.1. The maximum atomic E-state index is 5.56. The van der Waals surface area contributed by atoms with E-state index in [9.17, 15) is 0 Å². The zero-order valence-corrected chi connectivity index (χ0v) is 14.6. The number of benzene rings is 2. The van der Waals surface area contributed by atoms with Gasteiger partial charge in [-0.15, -0.1) is 0 Å². The van der Waals surface area contributed by atoms with E-state index in [1.54, 1.807) is 7.11 Å². The summed E-state index contributed by atoms with van der Waals surface area (Å²) in [5.74, 6) is 0.897. The van der Waals surface area contributed by atoms with Crippen molar-refractivity contribution in [3.05, 3.63) is 63.1 Å². The monoisotopic (exact) mass is 347 g/mol. The van der Waals surface area contributed by atoms with Crippen molar-refractivity contribution in [3.63, 3.8) is 0 Å². The van der Waals surface area contributed by atoms with Gasteiger partial charge in [0.2, 0.25) is 0 Å². The average molecular weight is 348 g/mol. The molecule has 21 heavy (non-hydrogen) atoms. The summed E-state index contributed by atoms with van der Waals surface area (Å²) in [6.45, 7) is 7.32. The lowest BCUT2D eigenvalue weighted by atomic mass is 9.95. The summed E-state index contributed by atoms with van der Waals surface area (Å²) in [5, 5.41) is 3.56. The van der Waals surface area contributed by atoms with Crippen LogP contribution in [-0.4, -0.2) is 13.7 Å². The summed E-state index contributed by atoms with van der Waals surface area (Å²) in [6.07, 6.45) is 0. The largest absolute Gasteiger partial charge is 0.496 e. The first-order valence-electron chi connectivity index (χ1n) is 7.20. The van der Waals surface area contributed by atoms with Crippen molar-refractivity contribution < 1.29 is 4.74 Å². The molecule has 0 saturated carbocycles. The van der Waals surface area contributed by atoms with E-state index in [1.165, 1.54) is 16.7 Å². The van der Waals surface area contributed by atoms with Crippen LogP contribution in [0.5, 0.6) is 5.75 Å². The fourth-order valence-electron chi connectivity index (χ4n) is 2.48. The van der Waals surface area contributed by atoms with Gasteiger partial charge in [0.05, 0.1) is 13.2 Å². The Hall–Kier alpha value is -1.32. The highest BCUT2D eigenvalue weighted by atomic mass is 79.9. The van der Waals surface area contributed by atoms with E-state index >= 15 is 0 Å². The van der Waals surface area contributed by atoms with E-state index in [2.05, 4.69) is 72.3 Å². The van der Waals surface area contributed by atoms with E-state index in [0.717, 1.165) is 22.3 Å². The number of hydrogen-bond acceptors (Lipinski definition) is 2. The highest BCUT2D eigenvalue weighted by molar-refractivity contribution is 9.10. The summed E-state index contributed by atoms with van der Waals surface area (Å²) in [4.78, 5) is 0. The first-order valence-corrected chi connectivity index (χ1v) is 8.00. The Morgan fingerprint density at radius 2 is 1.86 bits per heavy atom.